The number of ether oxygens (including phenoxy) is 2. The molecular weight excluding hydrogens is 318 g/mol. The van der Waals surface area contributed by atoms with Crippen LogP contribution in [0, 0.1) is 5.41 Å². The smallest absolute Gasteiger partial charge is 0.303 e. The third-order valence-electron chi connectivity index (χ3n) is 6.04. The third kappa shape index (κ3) is 3.76. The van der Waals surface area contributed by atoms with Gasteiger partial charge in [-0.05, 0) is 43.7 Å². The molecule has 0 bridgehead atoms. The number of carbonyl (C=O) groups is 1. The lowest BCUT2D eigenvalue weighted by Crippen LogP contribution is -2.54. The van der Waals surface area contributed by atoms with E-state index in [2.05, 4.69) is 11.0 Å². The van der Waals surface area contributed by atoms with Crippen molar-refractivity contribution in [3.05, 3.63) is 23.8 Å². The van der Waals surface area contributed by atoms with E-state index in [1.807, 2.05) is 12.1 Å². The van der Waals surface area contributed by atoms with Crippen molar-refractivity contribution in [1.82, 2.24) is 4.90 Å². The fourth-order valence-electron chi connectivity index (χ4n) is 4.93. The molecule has 2 aliphatic rings. The van der Waals surface area contributed by atoms with E-state index in [4.69, 9.17) is 9.47 Å². The van der Waals surface area contributed by atoms with E-state index in [1.54, 1.807) is 14.2 Å². The zero-order chi connectivity index (χ0) is 17.9. The van der Waals surface area contributed by atoms with Gasteiger partial charge in [0.1, 0.15) is 11.5 Å². The second-order valence-corrected chi connectivity index (χ2v) is 7.45. The molecular formula is C20H29NO4. The Morgan fingerprint density at radius 1 is 1.24 bits per heavy atom. The zero-order valence-electron chi connectivity index (χ0n) is 15.3. The number of aliphatic carboxylic acids is 1. The van der Waals surface area contributed by atoms with Crippen molar-refractivity contribution in [3.8, 4) is 11.5 Å². The minimum absolute atomic E-state index is 0.0535. The predicted molar refractivity (Wildman–Crippen MR) is 96.1 cm³/mol. The number of nitrogens with zero attached hydrogens (tertiary/aromatic N) is 1. The Morgan fingerprint density at radius 3 is 2.76 bits per heavy atom. The molecule has 0 amide bonds. The first-order valence-corrected chi connectivity index (χ1v) is 9.25. The highest BCUT2D eigenvalue weighted by atomic mass is 16.5. The Morgan fingerprint density at radius 2 is 2.04 bits per heavy atom. The van der Waals surface area contributed by atoms with E-state index in [0.717, 1.165) is 62.3 Å². The number of methoxy groups -OCH3 is 2. The van der Waals surface area contributed by atoms with Crippen LogP contribution in [0.5, 0.6) is 11.5 Å². The molecule has 0 spiro atoms. The summed E-state index contributed by atoms with van der Waals surface area (Å²) in [5, 5.41) is 9.46. The normalized spacial score (nSPS) is 26.7. The lowest BCUT2D eigenvalue weighted by Gasteiger charge is -2.52. The topological polar surface area (TPSA) is 59.0 Å². The highest BCUT2D eigenvalue weighted by Gasteiger charge is 2.47. The van der Waals surface area contributed by atoms with Gasteiger partial charge in [0.15, 0.2) is 0 Å². The van der Waals surface area contributed by atoms with Crippen molar-refractivity contribution in [2.75, 3.05) is 20.8 Å². The summed E-state index contributed by atoms with van der Waals surface area (Å²) in [6.07, 6.45) is 6.91. The molecule has 1 saturated heterocycles. The Labute approximate surface area is 149 Å². The van der Waals surface area contributed by atoms with E-state index in [-0.39, 0.29) is 5.41 Å². The van der Waals surface area contributed by atoms with Crippen LogP contribution < -0.4 is 9.47 Å². The van der Waals surface area contributed by atoms with E-state index >= 15 is 0 Å². The second kappa shape index (κ2) is 7.65. The first kappa shape index (κ1) is 18.1. The summed E-state index contributed by atoms with van der Waals surface area (Å²) in [4.78, 5) is 14.0. The molecule has 1 aromatic rings. The van der Waals surface area contributed by atoms with Gasteiger partial charge in [-0.15, -0.1) is 0 Å². The summed E-state index contributed by atoms with van der Waals surface area (Å²) in [5.41, 5.74) is 1.09. The summed E-state index contributed by atoms with van der Waals surface area (Å²) in [6, 6.07) is 6.31. The minimum Gasteiger partial charge on any atom is -0.497 e. The number of hydrogen-bond donors (Lipinski definition) is 1. The van der Waals surface area contributed by atoms with Gasteiger partial charge in [-0.3, -0.25) is 9.69 Å². The van der Waals surface area contributed by atoms with Crippen LogP contribution in [0.1, 0.15) is 50.5 Å². The lowest BCUT2D eigenvalue weighted by molar-refractivity contribution is -0.144. The average molecular weight is 347 g/mol. The summed E-state index contributed by atoms with van der Waals surface area (Å²) in [6.45, 7) is 1.83. The first-order valence-electron chi connectivity index (χ1n) is 9.25. The Balaban J connectivity index is 1.83. The van der Waals surface area contributed by atoms with Gasteiger partial charge in [0.25, 0.3) is 0 Å². The summed E-state index contributed by atoms with van der Waals surface area (Å²) in [7, 11) is 3.34. The van der Waals surface area contributed by atoms with Crippen molar-refractivity contribution >= 4 is 5.97 Å². The molecule has 1 aliphatic carbocycles. The zero-order valence-corrected chi connectivity index (χ0v) is 15.3. The standard InChI is InChI=1S/C20H29NO4/c1-24-16-8-7-15(17(12-16)25-2)14-21-11-5-10-20(13-19(22)23)9-4-3-6-18(20)21/h7-8,12,18H,3-6,9-11,13-14H2,1-2H3,(H,22,23)/t18-,20-/m1/s1. The maximum absolute atomic E-state index is 11.5. The summed E-state index contributed by atoms with van der Waals surface area (Å²) < 4.78 is 10.8. The molecule has 2 fully saturated rings. The predicted octanol–water partition coefficient (Wildman–Crippen LogP) is 3.70. The molecule has 1 saturated carbocycles. The number of hydrogen-bond acceptors (Lipinski definition) is 4. The minimum atomic E-state index is -0.657. The fraction of sp³-hybridized carbons (Fsp3) is 0.650. The van der Waals surface area contributed by atoms with Crippen LogP contribution in [0.3, 0.4) is 0 Å². The molecule has 1 N–H and O–H groups in total. The number of piperidine rings is 1. The van der Waals surface area contributed by atoms with Crippen LogP contribution in [-0.4, -0.2) is 42.8 Å². The van der Waals surface area contributed by atoms with Crippen molar-refractivity contribution in [2.24, 2.45) is 5.41 Å². The van der Waals surface area contributed by atoms with Gasteiger partial charge in [0.05, 0.1) is 20.6 Å². The number of likely N-dealkylation sites (tertiary alicyclic amines) is 1. The maximum atomic E-state index is 11.5. The van der Waals surface area contributed by atoms with Gasteiger partial charge in [-0.2, -0.15) is 0 Å². The van der Waals surface area contributed by atoms with Crippen molar-refractivity contribution in [2.45, 2.75) is 57.5 Å². The van der Waals surface area contributed by atoms with Gasteiger partial charge < -0.3 is 14.6 Å². The molecule has 0 aromatic heterocycles. The van der Waals surface area contributed by atoms with E-state index in [0.29, 0.717) is 12.5 Å². The summed E-state index contributed by atoms with van der Waals surface area (Å²) >= 11 is 0. The number of benzene rings is 1. The molecule has 0 radical (unpaired) electrons. The van der Waals surface area contributed by atoms with Crippen LogP contribution in [0.25, 0.3) is 0 Å². The number of rotatable bonds is 6. The summed E-state index contributed by atoms with van der Waals surface area (Å²) in [5.74, 6) is 0.970. The molecule has 3 rings (SSSR count). The lowest BCUT2D eigenvalue weighted by atomic mass is 9.63. The van der Waals surface area contributed by atoms with Crippen LogP contribution in [0.2, 0.25) is 0 Å². The molecule has 5 heteroatoms. The molecule has 1 aliphatic heterocycles. The van der Waals surface area contributed by atoms with Gasteiger partial charge in [-0.25, -0.2) is 0 Å². The highest BCUT2D eigenvalue weighted by molar-refractivity contribution is 5.68. The molecule has 138 valence electrons. The molecule has 25 heavy (non-hydrogen) atoms. The Bertz CT molecular complexity index is 614. The second-order valence-electron chi connectivity index (χ2n) is 7.45. The van der Waals surface area contributed by atoms with Crippen LogP contribution in [0.15, 0.2) is 18.2 Å². The van der Waals surface area contributed by atoms with E-state index in [1.165, 1.54) is 6.42 Å². The largest absolute Gasteiger partial charge is 0.497 e. The van der Waals surface area contributed by atoms with Gasteiger partial charge in [0, 0.05) is 24.2 Å². The van der Waals surface area contributed by atoms with Crippen molar-refractivity contribution in [3.63, 3.8) is 0 Å². The number of carboxylic acids is 1. The Kier molecular flexibility index (Phi) is 5.52. The fourth-order valence-corrected chi connectivity index (χ4v) is 4.93. The number of carboxylic acid groups (broad SMARTS) is 1. The quantitative estimate of drug-likeness (QED) is 0.850. The first-order chi connectivity index (χ1) is 12.1. The number of fused-ring (bicyclic) bond motifs is 1. The molecule has 1 heterocycles. The van der Waals surface area contributed by atoms with Crippen molar-refractivity contribution < 1.29 is 19.4 Å². The van der Waals surface area contributed by atoms with Crippen LogP contribution in [-0.2, 0) is 11.3 Å². The average Bonchev–Trinajstić information content (AvgIpc) is 2.61. The molecule has 1 aromatic carbocycles. The van der Waals surface area contributed by atoms with Crippen LogP contribution in [0.4, 0.5) is 0 Å². The Hall–Kier alpha value is -1.75. The monoisotopic (exact) mass is 347 g/mol. The van der Waals surface area contributed by atoms with Gasteiger partial charge in [-0.1, -0.05) is 18.9 Å². The molecule has 5 nitrogen and oxygen atoms in total. The van der Waals surface area contributed by atoms with Gasteiger partial charge >= 0.3 is 5.97 Å². The third-order valence-corrected chi connectivity index (χ3v) is 6.04. The maximum Gasteiger partial charge on any atom is 0.303 e. The molecule has 0 unspecified atom stereocenters. The van der Waals surface area contributed by atoms with E-state index < -0.39 is 5.97 Å². The highest BCUT2D eigenvalue weighted by Crippen LogP contribution is 2.49. The van der Waals surface area contributed by atoms with Crippen LogP contribution >= 0.6 is 0 Å². The SMILES string of the molecule is COc1ccc(CN2CCC[C@@]3(CC(=O)O)CCCC[C@@H]23)c(OC)c1. The van der Waals surface area contributed by atoms with Crippen molar-refractivity contribution in [1.29, 1.82) is 0 Å². The molecule has 2 atom stereocenters. The van der Waals surface area contributed by atoms with Gasteiger partial charge in [0.2, 0.25) is 0 Å². The van der Waals surface area contributed by atoms with E-state index in [9.17, 15) is 9.90 Å².